The van der Waals surface area contributed by atoms with Crippen molar-refractivity contribution in [2.24, 2.45) is 0 Å². The number of fused-ring (bicyclic) bond motifs is 1. The highest BCUT2D eigenvalue weighted by atomic mass is 32.2. The average Bonchev–Trinajstić information content (AvgIpc) is 3.10. The second kappa shape index (κ2) is 8.45. The molecule has 0 aliphatic rings. The van der Waals surface area contributed by atoms with Gasteiger partial charge >= 0.3 is 0 Å². The van der Waals surface area contributed by atoms with E-state index in [1.165, 1.54) is 22.9 Å². The maximum atomic E-state index is 12.7. The van der Waals surface area contributed by atoms with E-state index in [0.717, 1.165) is 28.2 Å². The van der Waals surface area contributed by atoms with Crippen molar-refractivity contribution in [3.8, 4) is 0 Å². The lowest BCUT2D eigenvalue weighted by Gasteiger charge is -2.22. The number of aryl methyl sites for hydroxylation is 1. The Bertz CT molecular complexity index is 845. The van der Waals surface area contributed by atoms with Gasteiger partial charge in [0, 0.05) is 13.1 Å². The molecule has 1 aromatic carbocycles. The van der Waals surface area contributed by atoms with Crippen LogP contribution in [0.15, 0.2) is 47.1 Å². The van der Waals surface area contributed by atoms with Gasteiger partial charge in [-0.25, -0.2) is 9.97 Å². The van der Waals surface area contributed by atoms with Gasteiger partial charge in [0.2, 0.25) is 5.91 Å². The number of carbonyl (C=O) groups excluding carboxylic acids is 1. The van der Waals surface area contributed by atoms with Gasteiger partial charge in [-0.2, -0.15) is 0 Å². The first-order valence-electron chi connectivity index (χ1n) is 8.31. The summed E-state index contributed by atoms with van der Waals surface area (Å²) in [6.07, 6.45) is 2.52. The number of nitrogens with zero attached hydrogens (tertiary/aromatic N) is 3. The summed E-state index contributed by atoms with van der Waals surface area (Å²) < 4.78 is 1.06. The van der Waals surface area contributed by atoms with E-state index < -0.39 is 0 Å². The van der Waals surface area contributed by atoms with Gasteiger partial charge in [0.1, 0.15) is 11.4 Å². The fourth-order valence-corrected chi connectivity index (χ4v) is 4.42. The molecule has 6 heteroatoms. The van der Waals surface area contributed by atoms with E-state index in [1.807, 2.05) is 16.3 Å². The molecule has 0 unspecified atom stereocenters. The van der Waals surface area contributed by atoms with Crippen LogP contribution < -0.4 is 0 Å². The molecule has 0 bridgehead atoms. The van der Waals surface area contributed by atoms with E-state index >= 15 is 0 Å². The minimum atomic E-state index is 0.149. The van der Waals surface area contributed by atoms with E-state index in [4.69, 9.17) is 0 Å². The molecule has 0 aliphatic carbocycles. The van der Waals surface area contributed by atoms with Crippen LogP contribution in [-0.4, -0.2) is 33.1 Å². The van der Waals surface area contributed by atoms with Gasteiger partial charge in [0.05, 0.1) is 16.0 Å². The molecule has 0 atom stereocenters. The Balaban J connectivity index is 1.66. The predicted molar refractivity (Wildman–Crippen MR) is 105 cm³/mol. The first-order valence-corrected chi connectivity index (χ1v) is 10.2. The molecule has 0 radical (unpaired) electrons. The number of carbonyl (C=O) groups is 1. The number of rotatable bonds is 7. The molecule has 25 heavy (non-hydrogen) atoms. The maximum absolute atomic E-state index is 12.7. The fraction of sp³-hybridized carbons (Fsp3) is 0.316. The Morgan fingerprint density at radius 1 is 1.20 bits per heavy atom. The van der Waals surface area contributed by atoms with Crippen LogP contribution in [-0.2, 0) is 11.3 Å². The van der Waals surface area contributed by atoms with Gasteiger partial charge in [-0.05, 0) is 30.4 Å². The number of thioether (sulfide) groups is 1. The van der Waals surface area contributed by atoms with E-state index in [2.05, 4.69) is 48.1 Å². The Morgan fingerprint density at radius 2 is 2.00 bits per heavy atom. The normalized spacial score (nSPS) is 11.0. The second-order valence-electron chi connectivity index (χ2n) is 5.90. The molecule has 0 fully saturated rings. The summed E-state index contributed by atoms with van der Waals surface area (Å²) in [4.78, 5) is 23.2. The van der Waals surface area contributed by atoms with E-state index in [-0.39, 0.29) is 5.91 Å². The maximum Gasteiger partial charge on any atom is 0.233 e. The minimum absolute atomic E-state index is 0.149. The molecule has 0 N–H and O–H groups in total. The van der Waals surface area contributed by atoms with Crippen molar-refractivity contribution in [3.05, 3.63) is 53.2 Å². The Morgan fingerprint density at radius 3 is 2.76 bits per heavy atom. The van der Waals surface area contributed by atoms with Gasteiger partial charge in [-0.15, -0.1) is 11.3 Å². The lowest BCUT2D eigenvalue weighted by atomic mass is 10.1. The number of aromatic nitrogens is 2. The van der Waals surface area contributed by atoms with Crippen molar-refractivity contribution in [2.75, 3.05) is 12.3 Å². The van der Waals surface area contributed by atoms with Crippen molar-refractivity contribution in [1.82, 2.24) is 14.9 Å². The van der Waals surface area contributed by atoms with Gasteiger partial charge in [0.25, 0.3) is 0 Å². The molecule has 1 amide bonds. The predicted octanol–water partition coefficient (Wildman–Crippen LogP) is 4.53. The highest BCUT2D eigenvalue weighted by Gasteiger charge is 2.15. The molecule has 3 rings (SSSR count). The summed E-state index contributed by atoms with van der Waals surface area (Å²) in [7, 11) is 0. The summed E-state index contributed by atoms with van der Waals surface area (Å²) in [6.45, 7) is 5.60. The zero-order valence-corrected chi connectivity index (χ0v) is 16.1. The number of hydrogen-bond donors (Lipinski definition) is 0. The minimum Gasteiger partial charge on any atom is -0.338 e. The monoisotopic (exact) mass is 371 g/mol. The van der Waals surface area contributed by atoms with Gasteiger partial charge in [-0.1, -0.05) is 48.5 Å². The van der Waals surface area contributed by atoms with E-state index in [9.17, 15) is 4.79 Å². The van der Waals surface area contributed by atoms with Crippen LogP contribution in [0.1, 0.15) is 24.5 Å². The third-order valence-corrected chi connectivity index (χ3v) is 5.90. The van der Waals surface area contributed by atoms with Crippen molar-refractivity contribution >= 4 is 39.2 Å². The van der Waals surface area contributed by atoms with Crippen LogP contribution in [0.4, 0.5) is 0 Å². The summed E-state index contributed by atoms with van der Waals surface area (Å²) in [5.74, 6) is 0.548. The molecule has 0 spiro atoms. The number of amides is 1. The zero-order chi connectivity index (χ0) is 17.6. The van der Waals surface area contributed by atoms with E-state index in [0.29, 0.717) is 12.3 Å². The fourth-order valence-electron chi connectivity index (χ4n) is 2.57. The molecule has 4 nitrogen and oxygen atoms in total. The summed E-state index contributed by atoms with van der Waals surface area (Å²) in [6, 6.07) is 10.4. The summed E-state index contributed by atoms with van der Waals surface area (Å²) in [5, 5.41) is 2.89. The van der Waals surface area contributed by atoms with Crippen LogP contribution in [0.25, 0.3) is 10.2 Å². The largest absolute Gasteiger partial charge is 0.338 e. The zero-order valence-electron chi connectivity index (χ0n) is 14.4. The lowest BCUT2D eigenvalue weighted by Crippen LogP contribution is -2.32. The molecule has 0 saturated heterocycles. The van der Waals surface area contributed by atoms with Crippen molar-refractivity contribution in [2.45, 2.75) is 31.8 Å². The van der Waals surface area contributed by atoms with Crippen LogP contribution in [0.2, 0.25) is 0 Å². The molecular formula is C19H21N3OS2. The highest BCUT2D eigenvalue weighted by Crippen LogP contribution is 2.28. The number of benzene rings is 1. The van der Waals surface area contributed by atoms with Crippen molar-refractivity contribution in [3.63, 3.8) is 0 Å². The standard InChI is InChI=1S/C19H21N3OS2/c1-3-9-22(11-15-6-4-14(2)5-7-15)17(23)12-25-19-18-16(8-10-24-18)20-13-21-19/h4-8,10,13H,3,9,11-12H2,1-2H3. The topological polar surface area (TPSA) is 46.1 Å². The first-order chi connectivity index (χ1) is 12.2. The highest BCUT2D eigenvalue weighted by molar-refractivity contribution is 8.00. The Hall–Kier alpha value is -1.92. The van der Waals surface area contributed by atoms with Gasteiger partial charge in [0.15, 0.2) is 0 Å². The molecule has 3 aromatic rings. The average molecular weight is 372 g/mol. The third kappa shape index (κ3) is 4.58. The van der Waals surface area contributed by atoms with Crippen LogP contribution >= 0.6 is 23.1 Å². The lowest BCUT2D eigenvalue weighted by molar-refractivity contribution is -0.129. The van der Waals surface area contributed by atoms with Crippen LogP contribution in [0.3, 0.4) is 0 Å². The van der Waals surface area contributed by atoms with Gasteiger partial charge < -0.3 is 4.90 Å². The van der Waals surface area contributed by atoms with Crippen LogP contribution in [0, 0.1) is 6.92 Å². The molecule has 2 heterocycles. The molecule has 0 aliphatic heterocycles. The molecular weight excluding hydrogens is 350 g/mol. The molecule has 130 valence electrons. The van der Waals surface area contributed by atoms with Crippen molar-refractivity contribution < 1.29 is 4.79 Å². The Kier molecular flexibility index (Phi) is 6.04. The van der Waals surface area contributed by atoms with E-state index in [1.54, 1.807) is 17.7 Å². The molecule has 2 aromatic heterocycles. The first kappa shape index (κ1) is 17.9. The smallest absolute Gasteiger partial charge is 0.233 e. The third-order valence-electron chi connectivity index (χ3n) is 3.88. The van der Waals surface area contributed by atoms with Crippen LogP contribution in [0.5, 0.6) is 0 Å². The van der Waals surface area contributed by atoms with Crippen molar-refractivity contribution in [1.29, 1.82) is 0 Å². The van der Waals surface area contributed by atoms with Gasteiger partial charge in [-0.3, -0.25) is 4.79 Å². The second-order valence-corrected chi connectivity index (χ2v) is 7.78. The number of hydrogen-bond acceptors (Lipinski definition) is 5. The molecule has 0 saturated carbocycles. The SMILES string of the molecule is CCCN(Cc1ccc(C)cc1)C(=O)CSc1ncnc2ccsc12. The quantitative estimate of drug-likeness (QED) is 0.452. The summed E-state index contributed by atoms with van der Waals surface area (Å²) >= 11 is 3.12. The Labute approximate surface area is 156 Å². The number of thiophene rings is 1. The summed E-state index contributed by atoms with van der Waals surface area (Å²) in [5.41, 5.74) is 3.34.